The number of hydrogen-bond acceptors (Lipinski definition) is 6. The van der Waals surface area contributed by atoms with Gasteiger partial charge in [-0.05, 0) is 38.1 Å². The minimum atomic E-state index is -0.362. The van der Waals surface area contributed by atoms with Crippen LogP contribution in [0.4, 0.5) is 0 Å². The molecule has 0 bridgehead atoms. The Morgan fingerprint density at radius 1 is 1.11 bits per heavy atom. The first kappa shape index (κ1) is 19.5. The summed E-state index contributed by atoms with van der Waals surface area (Å²) in [5.74, 6) is 1.24. The van der Waals surface area contributed by atoms with Gasteiger partial charge in [0.15, 0.2) is 5.16 Å². The highest BCUT2D eigenvalue weighted by atomic mass is 32.2. The molecular formula is C20H21N3O2S2. The Kier molecular flexibility index (Phi) is 6.58. The molecule has 0 radical (unpaired) electrons. The smallest absolute Gasteiger partial charge is 0.318 e. The lowest BCUT2D eigenvalue weighted by Gasteiger charge is -2.12. The summed E-state index contributed by atoms with van der Waals surface area (Å²) < 4.78 is 6.84. The van der Waals surface area contributed by atoms with Gasteiger partial charge in [0.1, 0.15) is 11.1 Å². The first-order valence-electron chi connectivity index (χ1n) is 8.52. The maximum Gasteiger partial charge on any atom is 0.318 e. The Bertz CT molecular complexity index is 895. The van der Waals surface area contributed by atoms with E-state index in [4.69, 9.17) is 4.74 Å². The van der Waals surface area contributed by atoms with E-state index in [1.165, 1.54) is 29.3 Å². The Balaban J connectivity index is 1.87. The van der Waals surface area contributed by atoms with Crippen LogP contribution in [0.5, 0.6) is 0 Å². The van der Waals surface area contributed by atoms with Gasteiger partial charge in [0.25, 0.3) is 0 Å². The highest BCUT2D eigenvalue weighted by Gasteiger charge is 2.21. The van der Waals surface area contributed by atoms with Gasteiger partial charge in [0.05, 0.1) is 12.9 Å². The molecule has 0 spiro atoms. The molecule has 0 saturated heterocycles. The number of ether oxygens (including phenoxy) is 1. The molecule has 2 aromatic carbocycles. The molecule has 27 heavy (non-hydrogen) atoms. The van der Waals surface area contributed by atoms with Crippen molar-refractivity contribution in [2.45, 2.75) is 34.9 Å². The van der Waals surface area contributed by atoms with Crippen LogP contribution in [0.25, 0.3) is 5.69 Å². The monoisotopic (exact) mass is 399 g/mol. The summed E-state index contributed by atoms with van der Waals surface area (Å²) in [6, 6.07) is 18.4. The van der Waals surface area contributed by atoms with Crippen LogP contribution < -0.4 is 0 Å². The largest absolute Gasteiger partial charge is 0.468 e. The second kappa shape index (κ2) is 9.10. The molecule has 1 aromatic heterocycles. The second-order valence-corrected chi connectivity index (χ2v) is 8.31. The van der Waals surface area contributed by atoms with E-state index >= 15 is 0 Å². The van der Waals surface area contributed by atoms with E-state index in [1.807, 2.05) is 34.9 Å². The SMILES string of the molecule is COC(=O)C(C)Sc1nnc(CSc2ccc(C)cc2)n1-c1ccccc1. The predicted octanol–water partition coefficient (Wildman–Crippen LogP) is 4.52. The van der Waals surface area contributed by atoms with Gasteiger partial charge in [0.2, 0.25) is 0 Å². The summed E-state index contributed by atoms with van der Waals surface area (Å²) >= 11 is 3.06. The van der Waals surface area contributed by atoms with Gasteiger partial charge in [-0.1, -0.05) is 47.7 Å². The number of nitrogens with zero attached hydrogens (tertiary/aromatic N) is 3. The lowest BCUT2D eigenvalue weighted by atomic mass is 10.2. The molecule has 1 atom stereocenters. The van der Waals surface area contributed by atoms with Crippen LogP contribution in [0.1, 0.15) is 18.3 Å². The quantitative estimate of drug-likeness (QED) is 0.430. The lowest BCUT2D eigenvalue weighted by Crippen LogP contribution is -2.15. The van der Waals surface area contributed by atoms with Crippen molar-refractivity contribution in [3.05, 3.63) is 66.0 Å². The molecule has 7 heteroatoms. The van der Waals surface area contributed by atoms with Gasteiger partial charge >= 0.3 is 5.97 Å². The molecule has 0 saturated carbocycles. The minimum Gasteiger partial charge on any atom is -0.468 e. The third-order valence-corrected chi connectivity index (χ3v) is 5.95. The maximum atomic E-state index is 11.8. The predicted molar refractivity (Wildman–Crippen MR) is 109 cm³/mol. The number of methoxy groups -OCH3 is 1. The van der Waals surface area contributed by atoms with E-state index in [2.05, 4.69) is 41.4 Å². The third-order valence-electron chi connectivity index (χ3n) is 3.92. The second-order valence-electron chi connectivity index (χ2n) is 5.95. The van der Waals surface area contributed by atoms with Gasteiger partial charge in [-0.3, -0.25) is 9.36 Å². The number of hydrogen-bond donors (Lipinski definition) is 0. The zero-order valence-electron chi connectivity index (χ0n) is 15.5. The molecule has 0 aliphatic heterocycles. The van der Waals surface area contributed by atoms with Crippen LogP contribution in [0.2, 0.25) is 0 Å². The molecule has 0 N–H and O–H groups in total. The first-order valence-corrected chi connectivity index (χ1v) is 10.4. The highest BCUT2D eigenvalue weighted by molar-refractivity contribution is 8.00. The average Bonchev–Trinajstić information content (AvgIpc) is 3.09. The van der Waals surface area contributed by atoms with Crippen LogP contribution in [-0.2, 0) is 15.3 Å². The van der Waals surface area contributed by atoms with Crippen molar-refractivity contribution in [1.82, 2.24) is 14.8 Å². The molecule has 0 aliphatic rings. The normalized spacial score (nSPS) is 12.0. The Labute approximate surface area is 167 Å². The van der Waals surface area contributed by atoms with Crippen molar-refractivity contribution in [1.29, 1.82) is 0 Å². The van der Waals surface area contributed by atoms with Crippen molar-refractivity contribution in [2.75, 3.05) is 7.11 Å². The number of carbonyl (C=O) groups is 1. The minimum absolute atomic E-state index is 0.279. The number of carbonyl (C=O) groups excluding carboxylic acids is 1. The van der Waals surface area contributed by atoms with E-state index in [9.17, 15) is 4.79 Å². The summed E-state index contributed by atoms with van der Waals surface area (Å²) in [6.07, 6.45) is 0. The van der Waals surface area contributed by atoms with E-state index in [0.29, 0.717) is 10.9 Å². The van der Waals surface area contributed by atoms with Crippen LogP contribution in [-0.4, -0.2) is 33.1 Å². The van der Waals surface area contributed by atoms with Gasteiger partial charge in [-0.25, -0.2) is 0 Å². The molecule has 3 rings (SSSR count). The summed E-state index contributed by atoms with van der Waals surface area (Å²) in [6.45, 7) is 3.88. The number of thioether (sulfide) groups is 2. The molecule has 5 nitrogen and oxygen atoms in total. The summed E-state index contributed by atoms with van der Waals surface area (Å²) in [7, 11) is 1.39. The van der Waals surface area contributed by atoms with E-state index in [0.717, 1.165) is 11.5 Å². The number of esters is 1. The van der Waals surface area contributed by atoms with Crippen LogP contribution >= 0.6 is 23.5 Å². The number of para-hydroxylation sites is 1. The molecule has 0 fully saturated rings. The Hall–Kier alpha value is -2.25. The highest BCUT2D eigenvalue weighted by Crippen LogP contribution is 2.29. The van der Waals surface area contributed by atoms with Gasteiger partial charge in [-0.15, -0.1) is 22.0 Å². The van der Waals surface area contributed by atoms with E-state index < -0.39 is 0 Å². The van der Waals surface area contributed by atoms with Gasteiger partial charge in [-0.2, -0.15) is 0 Å². The molecule has 140 valence electrons. The van der Waals surface area contributed by atoms with Crippen LogP contribution in [0.3, 0.4) is 0 Å². The lowest BCUT2D eigenvalue weighted by molar-refractivity contribution is -0.139. The summed E-state index contributed by atoms with van der Waals surface area (Å²) in [5, 5.41) is 9.03. The number of aromatic nitrogens is 3. The molecule has 1 unspecified atom stereocenters. The number of benzene rings is 2. The molecule has 0 amide bonds. The molecule has 1 heterocycles. The van der Waals surface area contributed by atoms with Crippen molar-refractivity contribution in [3.63, 3.8) is 0 Å². The maximum absolute atomic E-state index is 11.8. The van der Waals surface area contributed by atoms with Crippen molar-refractivity contribution in [3.8, 4) is 5.69 Å². The summed E-state index contributed by atoms with van der Waals surface area (Å²) in [5.41, 5.74) is 2.21. The fourth-order valence-corrected chi connectivity index (χ4v) is 4.19. The zero-order valence-corrected chi connectivity index (χ0v) is 17.1. The van der Waals surface area contributed by atoms with Crippen LogP contribution in [0.15, 0.2) is 64.6 Å². The molecular weight excluding hydrogens is 378 g/mol. The van der Waals surface area contributed by atoms with Crippen molar-refractivity contribution >= 4 is 29.5 Å². The Morgan fingerprint density at radius 3 is 2.48 bits per heavy atom. The zero-order chi connectivity index (χ0) is 19.2. The van der Waals surface area contributed by atoms with E-state index in [1.54, 1.807) is 18.7 Å². The van der Waals surface area contributed by atoms with Crippen molar-refractivity contribution < 1.29 is 9.53 Å². The van der Waals surface area contributed by atoms with E-state index in [-0.39, 0.29) is 11.2 Å². The molecule has 3 aromatic rings. The number of aryl methyl sites for hydroxylation is 1. The van der Waals surface area contributed by atoms with Gasteiger partial charge in [0, 0.05) is 10.6 Å². The fourth-order valence-electron chi connectivity index (χ4n) is 2.46. The third kappa shape index (κ3) is 4.93. The summed E-state index contributed by atoms with van der Waals surface area (Å²) in [4.78, 5) is 13.0. The van der Waals surface area contributed by atoms with Gasteiger partial charge < -0.3 is 4.74 Å². The average molecular weight is 400 g/mol. The standard InChI is InChI=1S/C20H21N3O2S2/c1-14-9-11-17(12-10-14)26-13-18-21-22-20(27-15(2)19(24)25-3)23(18)16-7-5-4-6-8-16/h4-12,15H,13H2,1-3H3. The number of rotatable bonds is 7. The fraction of sp³-hybridized carbons (Fsp3) is 0.250. The molecule has 0 aliphatic carbocycles. The van der Waals surface area contributed by atoms with Crippen LogP contribution in [0, 0.1) is 6.92 Å². The first-order chi connectivity index (χ1) is 13.1. The topological polar surface area (TPSA) is 57.0 Å². The Morgan fingerprint density at radius 2 is 1.81 bits per heavy atom. The van der Waals surface area contributed by atoms with Crippen molar-refractivity contribution in [2.24, 2.45) is 0 Å².